The Morgan fingerprint density at radius 2 is 1.85 bits per heavy atom. The zero-order chi connectivity index (χ0) is 13.2. The zero-order valence-corrected chi connectivity index (χ0v) is 12.6. The molecular formula is C16H18Cl2N2. The minimum absolute atomic E-state index is 0. The van der Waals surface area contributed by atoms with E-state index < -0.39 is 0 Å². The number of hydrogen-bond donors (Lipinski definition) is 2. The highest BCUT2D eigenvalue weighted by Gasteiger charge is 2.34. The molecular weight excluding hydrogens is 291 g/mol. The molecule has 3 N–H and O–H groups in total. The number of anilines is 1. The molecule has 1 fully saturated rings. The molecule has 1 aliphatic rings. The van der Waals surface area contributed by atoms with Crippen LogP contribution in [0.5, 0.6) is 0 Å². The molecule has 3 rings (SSSR count). The number of nitrogens with one attached hydrogen (secondary N) is 1. The van der Waals surface area contributed by atoms with E-state index in [0.29, 0.717) is 12.0 Å². The molecule has 2 atom stereocenters. The summed E-state index contributed by atoms with van der Waals surface area (Å²) in [6, 6.07) is 16.8. The molecule has 20 heavy (non-hydrogen) atoms. The number of hydrogen-bond acceptors (Lipinski definition) is 2. The van der Waals surface area contributed by atoms with Gasteiger partial charge in [0.2, 0.25) is 0 Å². The molecule has 1 saturated carbocycles. The summed E-state index contributed by atoms with van der Waals surface area (Å²) in [4.78, 5) is 0. The Hall–Kier alpha value is -1.22. The van der Waals surface area contributed by atoms with Gasteiger partial charge >= 0.3 is 0 Å². The summed E-state index contributed by atoms with van der Waals surface area (Å²) in [7, 11) is 0. The highest BCUT2D eigenvalue weighted by Crippen LogP contribution is 2.39. The molecule has 0 saturated heterocycles. The maximum Gasteiger partial charge on any atom is 0.0409 e. The van der Waals surface area contributed by atoms with E-state index in [-0.39, 0.29) is 12.4 Å². The van der Waals surface area contributed by atoms with Crippen LogP contribution in [0.2, 0.25) is 5.02 Å². The molecule has 0 amide bonds. The molecule has 1 aliphatic carbocycles. The highest BCUT2D eigenvalue weighted by atomic mass is 35.5. The van der Waals surface area contributed by atoms with Gasteiger partial charge in [0.05, 0.1) is 0 Å². The van der Waals surface area contributed by atoms with Crippen molar-refractivity contribution in [3.05, 3.63) is 64.7 Å². The van der Waals surface area contributed by atoms with Crippen LogP contribution in [0.15, 0.2) is 48.5 Å². The molecule has 0 radical (unpaired) electrons. The van der Waals surface area contributed by atoms with Crippen molar-refractivity contribution in [3.63, 3.8) is 0 Å². The molecule has 0 aliphatic heterocycles. The van der Waals surface area contributed by atoms with Crippen LogP contribution >= 0.6 is 24.0 Å². The van der Waals surface area contributed by atoms with Gasteiger partial charge < -0.3 is 11.1 Å². The van der Waals surface area contributed by atoms with Gasteiger partial charge in [-0.1, -0.05) is 35.9 Å². The van der Waals surface area contributed by atoms with Crippen LogP contribution in [0.25, 0.3) is 0 Å². The summed E-state index contributed by atoms with van der Waals surface area (Å²) in [5, 5.41) is 4.17. The maximum absolute atomic E-state index is 5.96. The molecule has 2 aromatic rings. The van der Waals surface area contributed by atoms with E-state index in [2.05, 4.69) is 35.6 Å². The van der Waals surface area contributed by atoms with Crippen molar-refractivity contribution in [2.24, 2.45) is 5.73 Å². The van der Waals surface area contributed by atoms with Crippen molar-refractivity contribution < 1.29 is 0 Å². The first kappa shape index (κ1) is 15.2. The average Bonchev–Trinajstić information content (AvgIpc) is 3.14. The first-order valence-electron chi connectivity index (χ1n) is 6.56. The second-order valence-electron chi connectivity index (χ2n) is 5.11. The van der Waals surface area contributed by atoms with Gasteiger partial charge in [-0.15, -0.1) is 12.4 Å². The van der Waals surface area contributed by atoms with Gasteiger partial charge in [-0.3, -0.25) is 0 Å². The Kier molecular flexibility index (Phi) is 4.92. The van der Waals surface area contributed by atoms with Crippen molar-refractivity contribution in [1.29, 1.82) is 0 Å². The minimum atomic E-state index is 0. The zero-order valence-electron chi connectivity index (χ0n) is 11.1. The van der Waals surface area contributed by atoms with E-state index in [9.17, 15) is 0 Å². The minimum Gasteiger partial charge on any atom is -0.381 e. The van der Waals surface area contributed by atoms with Crippen molar-refractivity contribution in [3.8, 4) is 0 Å². The molecule has 0 heterocycles. The molecule has 0 bridgehead atoms. The second kappa shape index (κ2) is 6.49. The van der Waals surface area contributed by atoms with Crippen molar-refractivity contribution in [1.82, 2.24) is 0 Å². The third-order valence-corrected chi connectivity index (χ3v) is 3.80. The lowest BCUT2D eigenvalue weighted by atomic mass is 10.1. The van der Waals surface area contributed by atoms with E-state index in [1.807, 2.05) is 18.2 Å². The van der Waals surface area contributed by atoms with E-state index in [4.69, 9.17) is 17.3 Å². The van der Waals surface area contributed by atoms with Crippen molar-refractivity contribution in [2.45, 2.75) is 24.9 Å². The lowest BCUT2D eigenvalue weighted by Crippen LogP contribution is -2.01. The average molecular weight is 309 g/mol. The fourth-order valence-electron chi connectivity index (χ4n) is 2.30. The fraction of sp³-hybridized carbons (Fsp3) is 0.250. The summed E-state index contributed by atoms with van der Waals surface area (Å²) in [5.41, 5.74) is 9.51. The Labute approximate surface area is 130 Å². The molecule has 106 valence electrons. The molecule has 0 spiro atoms. The van der Waals surface area contributed by atoms with Gasteiger partial charge in [0.15, 0.2) is 0 Å². The summed E-state index contributed by atoms with van der Waals surface area (Å²) < 4.78 is 0. The number of benzene rings is 2. The van der Waals surface area contributed by atoms with Crippen LogP contribution in [0, 0.1) is 0 Å². The number of rotatable bonds is 4. The SMILES string of the molecule is Cl.N[C@@H]1C[C@H]1c1ccc(NCc2cccc(Cl)c2)cc1. The topological polar surface area (TPSA) is 38.0 Å². The Balaban J connectivity index is 0.00000147. The van der Waals surface area contributed by atoms with Crippen molar-refractivity contribution >= 4 is 29.7 Å². The smallest absolute Gasteiger partial charge is 0.0409 e. The van der Waals surface area contributed by atoms with Crippen molar-refractivity contribution in [2.75, 3.05) is 5.32 Å². The van der Waals surface area contributed by atoms with E-state index in [1.54, 1.807) is 0 Å². The summed E-state index contributed by atoms with van der Waals surface area (Å²) in [5.74, 6) is 0.571. The first-order chi connectivity index (χ1) is 9.22. The molecule has 4 heteroatoms. The fourth-order valence-corrected chi connectivity index (χ4v) is 2.51. The number of nitrogens with two attached hydrogens (primary N) is 1. The van der Waals surface area contributed by atoms with Crippen LogP contribution in [0.3, 0.4) is 0 Å². The predicted octanol–water partition coefficient (Wildman–Crippen LogP) is 4.19. The normalized spacial score (nSPS) is 20.1. The van der Waals surface area contributed by atoms with E-state index in [1.165, 1.54) is 11.1 Å². The van der Waals surface area contributed by atoms with Gasteiger partial charge in [-0.2, -0.15) is 0 Å². The first-order valence-corrected chi connectivity index (χ1v) is 6.94. The predicted molar refractivity (Wildman–Crippen MR) is 87.8 cm³/mol. The molecule has 0 aromatic heterocycles. The van der Waals surface area contributed by atoms with Gasteiger partial charge in [0.1, 0.15) is 0 Å². The Bertz CT molecular complexity index is 569. The highest BCUT2D eigenvalue weighted by molar-refractivity contribution is 6.30. The molecule has 2 aromatic carbocycles. The van der Waals surface area contributed by atoms with Gasteiger partial charge in [-0.25, -0.2) is 0 Å². The molecule has 2 nitrogen and oxygen atoms in total. The summed E-state index contributed by atoms with van der Waals surface area (Å²) in [6.07, 6.45) is 1.12. The summed E-state index contributed by atoms with van der Waals surface area (Å²) in [6.45, 7) is 0.781. The third-order valence-electron chi connectivity index (χ3n) is 3.56. The van der Waals surface area contributed by atoms with Crippen LogP contribution in [-0.2, 0) is 6.54 Å². The Morgan fingerprint density at radius 3 is 2.45 bits per heavy atom. The summed E-state index contributed by atoms with van der Waals surface area (Å²) >= 11 is 5.96. The molecule has 0 unspecified atom stereocenters. The van der Waals surface area contributed by atoms with Gasteiger partial charge in [0, 0.05) is 29.2 Å². The van der Waals surface area contributed by atoms with Crippen LogP contribution in [-0.4, -0.2) is 6.04 Å². The largest absolute Gasteiger partial charge is 0.381 e. The van der Waals surface area contributed by atoms with Gasteiger partial charge in [0.25, 0.3) is 0 Å². The quantitative estimate of drug-likeness (QED) is 0.889. The second-order valence-corrected chi connectivity index (χ2v) is 5.55. The third kappa shape index (κ3) is 3.66. The lowest BCUT2D eigenvalue weighted by Gasteiger charge is -2.08. The van der Waals surface area contributed by atoms with E-state index >= 15 is 0 Å². The number of halogens is 2. The maximum atomic E-state index is 5.96. The monoisotopic (exact) mass is 308 g/mol. The van der Waals surface area contributed by atoms with Crippen LogP contribution in [0.4, 0.5) is 5.69 Å². The standard InChI is InChI=1S/C16H17ClN2.ClH/c17-13-3-1-2-11(8-13)10-19-14-6-4-12(5-7-14)15-9-16(15)18;/h1-8,15-16,19H,9-10,18H2;1H/t15-,16+;/m0./s1. The Morgan fingerprint density at radius 1 is 1.15 bits per heavy atom. The van der Waals surface area contributed by atoms with Crippen LogP contribution in [0.1, 0.15) is 23.5 Å². The van der Waals surface area contributed by atoms with E-state index in [0.717, 1.165) is 23.7 Å². The van der Waals surface area contributed by atoms with Gasteiger partial charge in [-0.05, 0) is 41.8 Å². The van der Waals surface area contributed by atoms with Crippen LogP contribution < -0.4 is 11.1 Å². The lowest BCUT2D eigenvalue weighted by molar-refractivity contribution is 0.990.